The molecule has 0 saturated carbocycles. The first-order valence-electron chi connectivity index (χ1n) is 4.81. The summed E-state index contributed by atoms with van der Waals surface area (Å²) in [5, 5.41) is 8.87. The third kappa shape index (κ3) is 1.75. The summed E-state index contributed by atoms with van der Waals surface area (Å²) in [6.07, 6.45) is 3.48. The normalized spacial score (nSPS) is 12.0. The Morgan fingerprint density at radius 1 is 1.33 bits per heavy atom. The van der Waals surface area contributed by atoms with Crippen LogP contribution in [-0.2, 0) is 0 Å². The van der Waals surface area contributed by atoms with Crippen LogP contribution in [0.2, 0.25) is 0 Å². The monoisotopic (exact) mass is 197 g/mol. The van der Waals surface area contributed by atoms with Gasteiger partial charge in [0.05, 0.1) is 6.04 Å². The Hall–Kier alpha value is -2.08. The molecule has 1 heterocycles. The van der Waals surface area contributed by atoms with Gasteiger partial charge in [0.1, 0.15) is 6.07 Å². The first kappa shape index (κ1) is 9.47. The predicted octanol–water partition coefficient (Wildman–Crippen LogP) is 2.36. The third-order valence-corrected chi connectivity index (χ3v) is 2.47. The molecule has 0 bridgehead atoms. The summed E-state index contributed by atoms with van der Waals surface area (Å²) in [5.41, 5.74) is 1.17. The molecule has 74 valence electrons. The quantitative estimate of drug-likeness (QED) is 0.741. The number of imidazole rings is 1. The minimum Gasteiger partial charge on any atom is -0.315 e. The Bertz CT molecular complexity index is 479. The minimum absolute atomic E-state index is 0.142. The molecule has 0 N–H and O–H groups in total. The molecule has 0 amide bonds. The highest BCUT2D eigenvalue weighted by Crippen LogP contribution is 2.18. The first-order chi connectivity index (χ1) is 7.33. The van der Waals surface area contributed by atoms with Gasteiger partial charge in [0.2, 0.25) is 5.82 Å². The van der Waals surface area contributed by atoms with Crippen molar-refractivity contribution in [3.05, 3.63) is 54.1 Å². The van der Waals surface area contributed by atoms with E-state index in [4.69, 9.17) is 5.26 Å². The van der Waals surface area contributed by atoms with Crippen molar-refractivity contribution in [3.63, 3.8) is 0 Å². The Morgan fingerprint density at radius 3 is 2.73 bits per heavy atom. The van der Waals surface area contributed by atoms with Gasteiger partial charge in [0, 0.05) is 12.4 Å². The molecule has 1 unspecified atom stereocenters. The number of rotatable bonds is 2. The zero-order chi connectivity index (χ0) is 10.7. The van der Waals surface area contributed by atoms with Crippen LogP contribution in [0, 0.1) is 11.3 Å². The standard InChI is InChI=1S/C12H11N3/c1-10(11-5-3-2-4-6-11)15-8-7-14-12(15)9-13/h2-8,10H,1H3. The van der Waals surface area contributed by atoms with Crippen LogP contribution in [0.5, 0.6) is 0 Å². The van der Waals surface area contributed by atoms with Crippen LogP contribution < -0.4 is 0 Å². The predicted molar refractivity (Wildman–Crippen MR) is 57.2 cm³/mol. The highest BCUT2D eigenvalue weighted by molar-refractivity contribution is 5.22. The molecular weight excluding hydrogens is 186 g/mol. The molecule has 2 aromatic rings. The summed E-state index contributed by atoms with van der Waals surface area (Å²) in [6, 6.07) is 12.3. The van der Waals surface area contributed by atoms with E-state index < -0.39 is 0 Å². The maximum atomic E-state index is 8.87. The molecular formula is C12H11N3. The largest absolute Gasteiger partial charge is 0.315 e. The maximum absolute atomic E-state index is 8.87. The van der Waals surface area contributed by atoms with E-state index in [0.717, 1.165) is 0 Å². The van der Waals surface area contributed by atoms with Gasteiger partial charge in [-0.15, -0.1) is 0 Å². The van der Waals surface area contributed by atoms with Crippen LogP contribution in [0.1, 0.15) is 24.4 Å². The average molecular weight is 197 g/mol. The Kier molecular flexibility index (Phi) is 2.51. The fraction of sp³-hybridized carbons (Fsp3) is 0.167. The van der Waals surface area contributed by atoms with Gasteiger partial charge in [-0.3, -0.25) is 0 Å². The van der Waals surface area contributed by atoms with E-state index in [0.29, 0.717) is 5.82 Å². The van der Waals surface area contributed by atoms with Gasteiger partial charge in [-0.2, -0.15) is 5.26 Å². The molecule has 0 saturated heterocycles. The van der Waals surface area contributed by atoms with Crippen molar-refractivity contribution >= 4 is 0 Å². The van der Waals surface area contributed by atoms with Crippen molar-refractivity contribution in [3.8, 4) is 6.07 Å². The van der Waals surface area contributed by atoms with Crippen molar-refractivity contribution in [2.45, 2.75) is 13.0 Å². The van der Waals surface area contributed by atoms with Crippen molar-refractivity contribution in [1.29, 1.82) is 5.26 Å². The lowest BCUT2D eigenvalue weighted by Gasteiger charge is -2.14. The topological polar surface area (TPSA) is 41.6 Å². The van der Waals surface area contributed by atoms with E-state index in [1.165, 1.54) is 5.56 Å². The SMILES string of the molecule is CC(c1ccccc1)n1ccnc1C#N. The summed E-state index contributed by atoms with van der Waals surface area (Å²) < 4.78 is 1.87. The first-order valence-corrected chi connectivity index (χ1v) is 4.81. The summed E-state index contributed by atoms with van der Waals surface area (Å²) >= 11 is 0. The fourth-order valence-corrected chi connectivity index (χ4v) is 1.60. The second kappa shape index (κ2) is 3.97. The number of nitrogens with zero attached hydrogens (tertiary/aromatic N) is 3. The summed E-state index contributed by atoms with van der Waals surface area (Å²) in [7, 11) is 0. The Morgan fingerprint density at radius 2 is 2.07 bits per heavy atom. The van der Waals surface area contributed by atoms with E-state index >= 15 is 0 Å². The second-order valence-corrected chi connectivity index (χ2v) is 3.36. The minimum atomic E-state index is 0.142. The molecule has 1 aromatic heterocycles. The van der Waals surface area contributed by atoms with Gasteiger partial charge in [0.15, 0.2) is 0 Å². The molecule has 0 radical (unpaired) electrons. The number of hydrogen-bond acceptors (Lipinski definition) is 2. The molecule has 3 heteroatoms. The Labute approximate surface area is 88.6 Å². The van der Waals surface area contributed by atoms with Crippen molar-refractivity contribution in [2.75, 3.05) is 0 Å². The molecule has 3 nitrogen and oxygen atoms in total. The van der Waals surface area contributed by atoms with E-state index in [9.17, 15) is 0 Å². The number of hydrogen-bond donors (Lipinski definition) is 0. The van der Waals surface area contributed by atoms with Crippen LogP contribution in [0.3, 0.4) is 0 Å². The molecule has 0 aliphatic heterocycles. The number of benzene rings is 1. The van der Waals surface area contributed by atoms with Gasteiger partial charge in [-0.25, -0.2) is 4.98 Å². The fourth-order valence-electron chi connectivity index (χ4n) is 1.60. The molecule has 0 fully saturated rings. The van der Waals surface area contributed by atoms with Gasteiger partial charge in [-0.05, 0) is 12.5 Å². The molecule has 15 heavy (non-hydrogen) atoms. The third-order valence-electron chi connectivity index (χ3n) is 2.47. The highest BCUT2D eigenvalue weighted by Gasteiger charge is 2.10. The lowest BCUT2D eigenvalue weighted by molar-refractivity contribution is 0.630. The average Bonchev–Trinajstić information content (AvgIpc) is 2.77. The van der Waals surface area contributed by atoms with Gasteiger partial charge >= 0.3 is 0 Å². The van der Waals surface area contributed by atoms with Gasteiger partial charge < -0.3 is 4.57 Å². The zero-order valence-electron chi connectivity index (χ0n) is 8.46. The lowest BCUT2D eigenvalue weighted by atomic mass is 10.1. The molecule has 1 atom stereocenters. The molecule has 0 aliphatic rings. The van der Waals surface area contributed by atoms with Crippen LogP contribution >= 0.6 is 0 Å². The van der Waals surface area contributed by atoms with E-state index in [1.807, 2.05) is 41.1 Å². The van der Waals surface area contributed by atoms with Crippen molar-refractivity contribution in [2.24, 2.45) is 0 Å². The summed E-state index contributed by atoms with van der Waals surface area (Å²) in [4.78, 5) is 3.98. The molecule has 0 spiro atoms. The van der Waals surface area contributed by atoms with E-state index in [1.54, 1.807) is 6.20 Å². The number of aromatic nitrogens is 2. The molecule has 2 rings (SSSR count). The van der Waals surface area contributed by atoms with Crippen molar-refractivity contribution < 1.29 is 0 Å². The summed E-state index contributed by atoms with van der Waals surface area (Å²) in [6.45, 7) is 2.05. The molecule has 0 aliphatic carbocycles. The van der Waals surface area contributed by atoms with Crippen LogP contribution in [-0.4, -0.2) is 9.55 Å². The van der Waals surface area contributed by atoms with Crippen molar-refractivity contribution in [1.82, 2.24) is 9.55 Å². The lowest BCUT2D eigenvalue weighted by Crippen LogP contribution is -2.07. The second-order valence-electron chi connectivity index (χ2n) is 3.36. The zero-order valence-corrected chi connectivity index (χ0v) is 8.46. The van der Waals surface area contributed by atoms with Gasteiger partial charge in [-0.1, -0.05) is 30.3 Å². The Balaban J connectivity index is 2.38. The van der Waals surface area contributed by atoms with E-state index in [-0.39, 0.29) is 6.04 Å². The van der Waals surface area contributed by atoms with Crippen LogP contribution in [0.25, 0.3) is 0 Å². The smallest absolute Gasteiger partial charge is 0.213 e. The summed E-state index contributed by atoms with van der Waals surface area (Å²) in [5.74, 6) is 0.450. The maximum Gasteiger partial charge on any atom is 0.213 e. The van der Waals surface area contributed by atoms with Crippen LogP contribution in [0.15, 0.2) is 42.7 Å². The highest BCUT2D eigenvalue weighted by atomic mass is 15.1. The number of nitriles is 1. The van der Waals surface area contributed by atoms with Crippen LogP contribution in [0.4, 0.5) is 0 Å². The molecule has 1 aromatic carbocycles. The van der Waals surface area contributed by atoms with E-state index in [2.05, 4.69) is 18.0 Å². The van der Waals surface area contributed by atoms with Gasteiger partial charge in [0.25, 0.3) is 0 Å².